The van der Waals surface area contributed by atoms with E-state index in [1.165, 1.54) is 25.1 Å². The van der Waals surface area contributed by atoms with Gasteiger partial charge in [0.1, 0.15) is 6.04 Å². The summed E-state index contributed by atoms with van der Waals surface area (Å²) in [5, 5.41) is 17.9. The second kappa shape index (κ2) is 6.33. The Morgan fingerprint density at radius 3 is 2.63 bits per heavy atom. The molecule has 0 unspecified atom stereocenters. The lowest BCUT2D eigenvalue weighted by Gasteiger charge is -2.15. The highest BCUT2D eigenvalue weighted by atomic mass is 35.5. The fraction of sp³-hybridized carbons (Fsp3) is 0.364. The number of benzene rings is 1. The molecule has 1 aromatic rings. The van der Waals surface area contributed by atoms with Crippen LogP contribution in [-0.4, -0.2) is 37.2 Å². The molecule has 19 heavy (non-hydrogen) atoms. The fourth-order valence-electron chi connectivity index (χ4n) is 1.49. The molecule has 0 aliphatic rings. The van der Waals surface area contributed by atoms with Crippen LogP contribution in [0, 0.1) is 6.92 Å². The standard InChI is InChI=1S/C11H14ClNO5S/c1-7-8(12)3-2-4-10(7)19(17,18)13-9(5-6-14)11(15)16/h2-4,9,13-14H,5-6H2,1H3,(H,15,16)/t9-/m0/s1. The molecule has 0 saturated heterocycles. The molecule has 0 aromatic heterocycles. The molecular formula is C11H14ClNO5S. The van der Waals surface area contributed by atoms with Crippen LogP contribution in [0.2, 0.25) is 5.02 Å². The van der Waals surface area contributed by atoms with E-state index < -0.39 is 28.6 Å². The molecule has 1 aromatic carbocycles. The SMILES string of the molecule is Cc1c(Cl)cccc1S(=O)(=O)N[C@@H](CCO)C(=O)O. The van der Waals surface area contributed by atoms with Gasteiger partial charge in [-0.1, -0.05) is 17.7 Å². The second-order valence-electron chi connectivity index (χ2n) is 3.89. The first kappa shape index (κ1) is 15.9. The third-order valence-electron chi connectivity index (χ3n) is 2.52. The monoisotopic (exact) mass is 307 g/mol. The summed E-state index contributed by atoms with van der Waals surface area (Å²) in [6, 6.07) is 2.96. The van der Waals surface area contributed by atoms with E-state index in [-0.39, 0.29) is 16.3 Å². The minimum atomic E-state index is -4.01. The average molecular weight is 308 g/mol. The van der Waals surface area contributed by atoms with Gasteiger partial charge >= 0.3 is 5.97 Å². The summed E-state index contributed by atoms with van der Waals surface area (Å²) < 4.78 is 26.2. The van der Waals surface area contributed by atoms with E-state index in [4.69, 9.17) is 21.8 Å². The second-order valence-corrected chi connectivity index (χ2v) is 5.98. The lowest BCUT2D eigenvalue weighted by atomic mass is 10.2. The van der Waals surface area contributed by atoms with E-state index >= 15 is 0 Å². The molecule has 0 saturated carbocycles. The first-order valence-corrected chi connectivity index (χ1v) is 7.27. The Labute approximate surface area is 116 Å². The number of aliphatic carboxylic acids is 1. The van der Waals surface area contributed by atoms with Crippen molar-refractivity contribution in [3.63, 3.8) is 0 Å². The van der Waals surface area contributed by atoms with Crippen molar-refractivity contribution in [2.45, 2.75) is 24.3 Å². The molecule has 0 spiro atoms. The maximum atomic E-state index is 12.1. The molecule has 8 heteroatoms. The summed E-state index contributed by atoms with van der Waals surface area (Å²) in [5.74, 6) is -1.35. The number of aliphatic hydroxyl groups excluding tert-OH is 1. The molecule has 0 aliphatic carbocycles. The van der Waals surface area contributed by atoms with Gasteiger partial charge in [-0.2, -0.15) is 4.72 Å². The molecule has 0 fully saturated rings. The van der Waals surface area contributed by atoms with Crippen molar-refractivity contribution in [3.05, 3.63) is 28.8 Å². The molecule has 0 heterocycles. The smallest absolute Gasteiger partial charge is 0.321 e. The number of hydrogen-bond donors (Lipinski definition) is 3. The van der Waals surface area contributed by atoms with Gasteiger partial charge < -0.3 is 10.2 Å². The zero-order chi connectivity index (χ0) is 14.6. The van der Waals surface area contributed by atoms with Gasteiger partial charge in [-0.25, -0.2) is 8.42 Å². The van der Waals surface area contributed by atoms with Crippen molar-refractivity contribution in [2.24, 2.45) is 0 Å². The van der Waals surface area contributed by atoms with Crippen molar-refractivity contribution < 1.29 is 23.4 Å². The highest BCUT2D eigenvalue weighted by Gasteiger charge is 2.26. The van der Waals surface area contributed by atoms with E-state index in [2.05, 4.69) is 0 Å². The number of carbonyl (C=O) groups is 1. The Bertz CT molecular complexity index is 572. The third-order valence-corrected chi connectivity index (χ3v) is 4.55. The number of rotatable bonds is 6. The Hall–Kier alpha value is -1.15. The Kier molecular flexibility index (Phi) is 5.30. The van der Waals surface area contributed by atoms with E-state index in [0.717, 1.165) is 0 Å². The average Bonchev–Trinajstić information content (AvgIpc) is 2.31. The van der Waals surface area contributed by atoms with Crippen LogP contribution in [0.25, 0.3) is 0 Å². The van der Waals surface area contributed by atoms with Crippen LogP contribution in [0.1, 0.15) is 12.0 Å². The summed E-state index contributed by atoms with van der Waals surface area (Å²) in [5.41, 5.74) is 0.338. The first-order valence-electron chi connectivity index (χ1n) is 5.40. The number of nitrogens with one attached hydrogen (secondary N) is 1. The molecule has 0 aliphatic heterocycles. The van der Waals surface area contributed by atoms with Crippen LogP contribution < -0.4 is 4.72 Å². The van der Waals surface area contributed by atoms with Gasteiger partial charge in [0.05, 0.1) is 4.90 Å². The number of hydrogen-bond acceptors (Lipinski definition) is 4. The lowest BCUT2D eigenvalue weighted by molar-refractivity contribution is -0.139. The van der Waals surface area contributed by atoms with Crippen LogP contribution in [0.15, 0.2) is 23.1 Å². The molecule has 106 valence electrons. The van der Waals surface area contributed by atoms with Gasteiger partial charge in [-0.3, -0.25) is 4.79 Å². The maximum Gasteiger partial charge on any atom is 0.321 e. The third kappa shape index (κ3) is 3.90. The number of carboxylic acid groups (broad SMARTS) is 1. The molecule has 0 radical (unpaired) electrons. The van der Waals surface area contributed by atoms with Gasteiger partial charge in [0.25, 0.3) is 0 Å². The summed E-state index contributed by atoms with van der Waals surface area (Å²) in [4.78, 5) is 10.8. The van der Waals surface area contributed by atoms with Crippen LogP contribution in [0.4, 0.5) is 0 Å². The minimum Gasteiger partial charge on any atom is -0.480 e. The fourth-order valence-corrected chi connectivity index (χ4v) is 3.21. The quantitative estimate of drug-likeness (QED) is 0.720. The summed E-state index contributed by atoms with van der Waals surface area (Å²) in [7, 11) is -4.01. The van der Waals surface area contributed by atoms with Gasteiger partial charge in [-0.15, -0.1) is 0 Å². The molecule has 1 rings (SSSR count). The van der Waals surface area contributed by atoms with Crippen molar-refractivity contribution in [1.29, 1.82) is 0 Å². The van der Waals surface area contributed by atoms with Gasteiger partial charge in [0, 0.05) is 11.6 Å². The van der Waals surface area contributed by atoms with E-state index in [9.17, 15) is 13.2 Å². The highest BCUT2D eigenvalue weighted by molar-refractivity contribution is 7.89. The number of sulfonamides is 1. The predicted octanol–water partition coefficient (Wildman–Crippen LogP) is 0.762. The Morgan fingerprint density at radius 2 is 2.11 bits per heavy atom. The van der Waals surface area contributed by atoms with Gasteiger partial charge in [0.15, 0.2) is 0 Å². The normalized spacial score (nSPS) is 13.2. The Balaban J connectivity index is 3.10. The zero-order valence-corrected chi connectivity index (χ0v) is 11.7. The van der Waals surface area contributed by atoms with Crippen molar-refractivity contribution >= 4 is 27.6 Å². The van der Waals surface area contributed by atoms with E-state index in [1.54, 1.807) is 0 Å². The topological polar surface area (TPSA) is 104 Å². The van der Waals surface area contributed by atoms with Gasteiger partial charge in [-0.05, 0) is 31.0 Å². The molecule has 0 amide bonds. The maximum absolute atomic E-state index is 12.1. The molecule has 6 nitrogen and oxygen atoms in total. The minimum absolute atomic E-state index is 0.0795. The van der Waals surface area contributed by atoms with Crippen LogP contribution in [0.3, 0.4) is 0 Å². The first-order chi connectivity index (χ1) is 8.79. The predicted molar refractivity (Wildman–Crippen MR) is 69.6 cm³/mol. The summed E-state index contributed by atoms with van der Waals surface area (Å²) >= 11 is 5.83. The molecule has 0 bridgehead atoms. The summed E-state index contributed by atoms with van der Waals surface area (Å²) in [6.45, 7) is 1.09. The molecule has 3 N–H and O–H groups in total. The molecule has 1 atom stereocenters. The number of carboxylic acids is 1. The largest absolute Gasteiger partial charge is 0.480 e. The number of aliphatic hydroxyl groups is 1. The summed E-state index contributed by atoms with van der Waals surface area (Å²) in [6.07, 6.45) is -0.214. The van der Waals surface area contributed by atoms with Gasteiger partial charge in [0.2, 0.25) is 10.0 Å². The van der Waals surface area contributed by atoms with Crippen molar-refractivity contribution in [2.75, 3.05) is 6.61 Å². The van der Waals surface area contributed by atoms with Crippen molar-refractivity contribution in [3.8, 4) is 0 Å². The van der Waals surface area contributed by atoms with Crippen molar-refractivity contribution in [1.82, 2.24) is 4.72 Å². The van der Waals surface area contributed by atoms with Crippen LogP contribution in [-0.2, 0) is 14.8 Å². The van der Waals surface area contributed by atoms with E-state index in [1.807, 2.05) is 4.72 Å². The van der Waals surface area contributed by atoms with E-state index in [0.29, 0.717) is 5.56 Å². The number of halogens is 1. The highest BCUT2D eigenvalue weighted by Crippen LogP contribution is 2.22. The Morgan fingerprint density at radius 1 is 1.47 bits per heavy atom. The molecular weight excluding hydrogens is 294 g/mol. The zero-order valence-electron chi connectivity index (χ0n) is 10.1. The van der Waals surface area contributed by atoms with Crippen LogP contribution in [0.5, 0.6) is 0 Å². The lowest BCUT2D eigenvalue weighted by Crippen LogP contribution is -2.41. The van der Waals surface area contributed by atoms with Crippen LogP contribution >= 0.6 is 11.6 Å².